The van der Waals surface area contributed by atoms with Gasteiger partial charge in [0.05, 0.1) is 6.61 Å². The number of aliphatic hydroxyl groups is 1. The summed E-state index contributed by atoms with van der Waals surface area (Å²) in [5.41, 5.74) is 4.88. The van der Waals surface area contributed by atoms with Gasteiger partial charge >= 0.3 is 0 Å². The zero-order chi connectivity index (χ0) is 15.3. The first-order chi connectivity index (χ1) is 9.60. The Hall–Kier alpha value is -0.600. The van der Waals surface area contributed by atoms with Crippen molar-refractivity contribution in [2.75, 3.05) is 32.8 Å². The smallest absolute Gasteiger partial charge is 0.0555 e. The fourth-order valence-corrected chi connectivity index (χ4v) is 2.16. The lowest BCUT2D eigenvalue weighted by Crippen LogP contribution is -2.36. The van der Waals surface area contributed by atoms with Gasteiger partial charge in [-0.2, -0.15) is 0 Å². The first-order valence-electron chi connectivity index (χ1n) is 8.03. The van der Waals surface area contributed by atoms with Gasteiger partial charge in [0.25, 0.3) is 0 Å². The second kappa shape index (κ2) is 12.2. The standard InChI is InChI=1S/C17H34N2O/c1-5-7-9-17(6-2,10-8-16(3)4)15-19-12-11-18-13-14-20/h10,18-20H,5-7,9,11-15H2,1-4H3/t17-/m0/s1. The van der Waals surface area contributed by atoms with Crippen LogP contribution in [0.15, 0.2) is 17.4 Å². The Labute approximate surface area is 125 Å². The largest absolute Gasteiger partial charge is 0.395 e. The number of aliphatic hydroxyl groups excluding tert-OH is 1. The number of rotatable bonds is 12. The van der Waals surface area contributed by atoms with Crippen LogP contribution in [0.25, 0.3) is 0 Å². The van der Waals surface area contributed by atoms with E-state index >= 15 is 0 Å². The van der Waals surface area contributed by atoms with Crippen molar-refractivity contribution in [3.05, 3.63) is 17.4 Å². The third-order valence-electron chi connectivity index (χ3n) is 3.64. The predicted octanol–water partition coefficient (Wildman–Crippen LogP) is 2.87. The van der Waals surface area contributed by atoms with E-state index in [-0.39, 0.29) is 12.0 Å². The number of unbranched alkanes of at least 4 members (excludes halogenated alkanes) is 1. The molecule has 0 radical (unpaired) electrons. The van der Waals surface area contributed by atoms with Crippen LogP contribution >= 0.6 is 0 Å². The van der Waals surface area contributed by atoms with Crippen molar-refractivity contribution in [2.24, 2.45) is 5.41 Å². The van der Waals surface area contributed by atoms with Crippen molar-refractivity contribution < 1.29 is 5.11 Å². The number of nitrogens with one attached hydrogen (secondary N) is 2. The molecule has 0 aliphatic rings. The van der Waals surface area contributed by atoms with Gasteiger partial charge < -0.3 is 15.7 Å². The summed E-state index contributed by atoms with van der Waals surface area (Å²) in [6.07, 6.45) is 7.15. The van der Waals surface area contributed by atoms with Crippen molar-refractivity contribution in [2.45, 2.75) is 53.4 Å². The quantitative estimate of drug-likeness (QED) is 0.381. The van der Waals surface area contributed by atoms with E-state index in [0.717, 1.165) is 26.1 Å². The normalized spacial score (nSPS) is 13.7. The van der Waals surface area contributed by atoms with E-state index in [4.69, 9.17) is 5.11 Å². The Balaban J connectivity index is 4.40. The van der Waals surface area contributed by atoms with Gasteiger partial charge in [-0.05, 0) is 38.3 Å². The minimum absolute atomic E-state index is 0.207. The van der Waals surface area contributed by atoms with Crippen LogP contribution in [-0.4, -0.2) is 37.9 Å². The van der Waals surface area contributed by atoms with Crippen LogP contribution in [0.1, 0.15) is 53.4 Å². The van der Waals surface area contributed by atoms with E-state index in [0.29, 0.717) is 6.54 Å². The fourth-order valence-electron chi connectivity index (χ4n) is 2.16. The zero-order valence-corrected chi connectivity index (χ0v) is 13.9. The molecule has 0 heterocycles. The molecule has 0 unspecified atom stereocenters. The first-order valence-corrected chi connectivity index (χ1v) is 8.03. The minimum atomic E-state index is 0.207. The molecule has 3 nitrogen and oxygen atoms in total. The molecule has 0 aliphatic carbocycles. The minimum Gasteiger partial charge on any atom is -0.395 e. The summed E-state index contributed by atoms with van der Waals surface area (Å²) in [7, 11) is 0. The molecule has 0 saturated heterocycles. The van der Waals surface area contributed by atoms with Crippen LogP contribution in [0.5, 0.6) is 0 Å². The van der Waals surface area contributed by atoms with Crippen molar-refractivity contribution >= 4 is 0 Å². The SMILES string of the molecule is CCCC[C@](C=C=C(C)C)(CC)CNCCNCCO. The summed E-state index contributed by atoms with van der Waals surface area (Å²) in [5, 5.41) is 15.4. The maximum Gasteiger partial charge on any atom is 0.0555 e. The van der Waals surface area contributed by atoms with Crippen LogP contribution in [0.3, 0.4) is 0 Å². The second-order valence-electron chi connectivity index (χ2n) is 5.76. The molecular formula is C17H34N2O. The Bertz CT molecular complexity index is 291. The highest BCUT2D eigenvalue weighted by molar-refractivity contribution is 5.04. The summed E-state index contributed by atoms with van der Waals surface area (Å²) in [5.74, 6) is 0. The molecule has 0 aromatic carbocycles. The van der Waals surface area contributed by atoms with E-state index in [1.54, 1.807) is 0 Å². The molecule has 0 bridgehead atoms. The maximum absolute atomic E-state index is 8.71. The van der Waals surface area contributed by atoms with Gasteiger partial charge in [-0.25, -0.2) is 0 Å². The van der Waals surface area contributed by atoms with E-state index in [1.807, 2.05) is 0 Å². The van der Waals surface area contributed by atoms with Gasteiger partial charge in [0, 0.05) is 31.6 Å². The van der Waals surface area contributed by atoms with Crippen molar-refractivity contribution in [3.63, 3.8) is 0 Å². The average Bonchev–Trinajstić information content (AvgIpc) is 2.45. The third-order valence-corrected chi connectivity index (χ3v) is 3.64. The summed E-state index contributed by atoms with van der Waals surface area (Å²) in [6, 6.07) is 0. The molecule has 3 N–H and O–H groups in total. The molecule has 0 rings (SSSR count). The van der Waals surface area contributed by atoms with Gasteiger partial charge in [0.1, 0.15) is 0 Å². The van der Waals surface area contributed by atoms with E-state index in [1.165, 1.54) is 24.8 Å². The summed E-state index contributed by atoms with van der Waals surface area (Å²) in [6.45, 7) is 12.4. The third kappa shape index (κ3) is 9.33. The average molecular weight is 282 g/mol. The fraction of sp³-hybridized carbons (Fsp3) is 0.824. The number of hydrogen-bond donors (Lipinski definition) is 3. The topological polar surface area (TPSA) is 44.3 Å². The number of hydrogen-bond acceptors (Lipinski definition) is 3. The van der Waals surface area contributed by atoms with Gasteiger partial charge in [-0.1, -0.05) is 26.7 Å². The van der Waals surface area contributed by atoms with Crippen molar-refractivity contribution in [3.8, 4) is 0 Å². The lowest BCUT2D eigenvalue weighted by Gasteiger charge is -2.29. The molecule has 0 fully saturated rings. The molecule has 20 heavy (non-hydrogen) atoms. The summed E-state index contributed by atoms with van der Waals surface area (Å²) in [4.78, 5) is 0. The highest BCUT2D eigenvalue weighted by Gasteiger charge is 2.23. The monoisotopic (exact) mass is 282 g/mol. The van der Waals surface area contributed by atoms with Crippen molar-refractivity contribution in [1.29, 1.82) is 0 Å². The second-order valence-corrected chi connectivity index (χ2v) is 5.76. The highest BCUT2D eigenvalue weighted by Crippen LogP contribution is 2.29. The molecule has 0 amide bonds. The molecule has 0 aliphatic heterocycles. The van der Waals surface area contributed by atoms with Crippen LogP contribution in [0.4, 0.5) is 0 Å². The molecule has 0 spiro atoms. The van der Waals surface area contributed by atoms with Crippen LogP contribution in [0.2, 0.25) is 0 Å². The van der Waals surface area contributed by atoms with Crippen molar-refractivity contribution in [1.82, 2.24) is 10.6 Å². The van der Waals surface area contributed by atoms with Crippen LogP contribution in [0, 0.1) is 5.41 Å². The predicted molar refractivity (Wildman–Crippen MR) is 88.0 cm³/mol. The van der Waals surface area contributed by atoms with Gasteiger partial charge in [-0.15, -0.1) is 5.73 Å². The molecular weight excluding hydrogens is 248 g/mol. The summed E-state index contributed by atoms with van der Waals surface area (Å²) >= 11 is 0. The maximum atomic E-state index is 8.71. The Morgan fingerprint density at radius 1 is 1.15 bits per heavy atom. The molecule has 0 aromatic rings. The lowest BCUT2D eigenvalue weighted by atomic mass is 9.80. The van der Waals surface area contributed by atoms with Crippen LogP contribution < -0.4 is 10.6 Å². The van der Waals surface area contributed by atoms with Crippen LogP contribution in [-0.2, 0) is 0 Å². The van der Waals surface area contributed by atoms with E-state index in [2.05, 4.69) is 50.1 Å². The van der Waals surface area contributed by atoms with E-state index < -0.39 is 0 Å². The Morgan fingerprint density at radius 2 is 1.85 bits per heavy atom. The van der Waals surface area contributed by atoms with E-state index in [9.17, 15) is 0 Å². The van der Waals surface area contributed by atoms with Gasteiger partial charge in [0.2, 0.25) is 0 Å². The molecule has 118 valence electrons. The lowest BCUT2D eigenvalue weighted by molar-refractivity contribution is 0.288. The van der Waals surface area contributed by atoms with Gasteiger partial charge in [-0.3, -0.25) is 0 Å². The highest BCUT2D eigenvalue weighted by atomic mass is 16.3. The molecule has 0 saturated carbocycles. The molecule has 0 aromatic heterocycles. The zero-order valence-electron chi connectivity index (χ0n) is 13.9. The summed E-state index contributed by atoms with van der Waals surface area (Å²) < 4.78 is 0. The first kappa shape index (κ1) is 19.4. The Morgan fingerprint density at radius 3 is 2.40 bits per heavy atom. The molecule has 1 atom stereocenters. The molecule has 3 heteroatoms. The Kier molecular flexibility index (Phi) is 11.8. The van der Waals surface area contributed by atoms with Gasteiger partial charge in [0.15, 0.2) is 0 Å².